The molecule has 1 aromatic carbocycles. The Labute approximate surface area is 119 Å². The Balaban J connectivity index is 2.28. The number of hydrogen-bond acceptors (Lipinski definition) is 3. The number of rotatable bonds is 3. The first kappa shape index (κ1) is 14.1. The van der Waals surface area contributed by atoms with Gasteiger partial charge in [0.15, 0.2) is 12.2 Å². The molecule has 0 unspecified atom stereocenters. The molecule has 0 radical (unpaired) electrons. The molecular formula is C15H19ClN2O. The second kappa shape index (κ2) is 5.35. The number of halogens is 1. The van der Waals surface area contributed by atoms with Crippen molar-refractivity contribution in [3.05, 3.63) is 40.9 Å². The number of hydrogen-bond donors (Lipinski definition) is 1. The molecule has 102 valence electrons. The third-order valence-electron chi connectivity index (χ3n) is 2.80. The zero-order valence-electron chi connectivity index (χ0n) is 11.7. The second-order valence-corrected chi connectivity index (χ2v) is 6.12. The molecule has 0 aliphatic rings. The summed E-state index contributed by atoms with van der Waals surface area (Å²) in [5, 5.41) is 4.09. The normalized spacial score (nSPS) is 11.8. The summed E-state index contributed by atoms with van der Waals surface area (Å²) in [5.41, 5.74) is 2.92. The minimum absolute atomic E-state index is 0.0350. The number of nitrogens with one attached hydrogen (secondary N) is 1. The summed E-state index contributed by atoms with van der Waals surface area (Å²) >= 11 is 6.27. The van der Waals surface area contributed by atoms with Crippen molar-refractivity contribution < 1.29 is 4.42 Å². The molecule has 0 amide bonds. The minimum Gasteiger partial charge on any atom is -0.443 e. The summed E-state index contributed by atoms with van der Waals surface area (Å²) in [5.74, 6) is 0.738. The Morgan fingerprint density at radius 1 is 1.32 bits per heavy atom. The van der Waals surface area contributed by atoms with Gasteiger partial charge in [-0.25, -0.2) is 4.98 Å². The van der Waals surface area contributed by atoms with Gasteiger partial charge in [0.05, 0.1) is 5.02 Å². The topological polar surface area (TPSA) is 38.1 Å². The Bertz CT molecular complexity index is 570. The zero-order chi connectivity index (χ0) is 14.0. The predicted molar refractivity (Wildman–Crippen MR) is 78.3 cm³/mol. The highest BCUT2D eigenvalue weighted by molar-refractivity contribution is 6.33. The van der Waals surface area contributed by atoms with E-state index in [1.54, 1.807) is 0 Å². The van der Waals surface area contributed by atoms with Crippen molar-refractivity contribution in [3.8, 4) is 11.3 Å². The number of benzene rings is 1. The summed E-state index contributed by atoms with van der Waals surface area (Å²) in [4.78, 5) is 4.27. The van der Waals surface area contributed by atoms with E-state index in [4.69, 9.17) is 16.0 Å². The molecule has 2 aromatic rings. The van der Waals surface area contributed by atoms with Crippen molar-refractivity contribution >= 4 is 11.6 Å². The summed E-state index contributed by atoms with van der Waals surface area (Å²) < 4.78 is 5.50. The third-order valence-corrected chi connectivity index (χ3v) is 3.11. The smallest absolute Gasteiger partial charge is 0.181 e. The van der Waals surface area contributed by atoms with Crippen molar-refractivity contribution in [1.82, 2.24) is 10.3 Å². The van der Waals surface area contributed by atoms with Gasteiger partial charge in [-0.1, -0.05) is 17.7 Å². The van der Waals surface area contributed by atoms with E-state index >= 15 is 0 Å². The second-order valence-electron chi connectivity index (χ2n) is 5.72. The molecule has 0 bridgehead atoms. The summed E-state index contributed by atoms with van der Waals surface area (Å²) in [7, 11) is 0. The van der Waals surface area contributed by atoms with Crippen LogP contribution in [0.4, 0.5) is 0 Å². The third kappa shape index (κ3) is 3.58. The maximum absolute atomic E-state index is 6.27. The average molecular weight is 279 g/mol. The number of aryl methyl sites for hydroxylation is 1. The van der Waals surface area contributed by atoms with Crippen molar-refractivity contribution in [1.29, 1.82) is 0 Å². The van der Waals surface area contributed by atoms with Crippen LogP contribution in [0.2, 0.25) is 5.02 Å². The summed E-state index contributed by atoms with van der Waals surface area (Å²) in [6.45, 7) is 9.01. The van der Waals surface area contributed by atoms with Crippen LogP contribution in [0.3, 0.4) is 0 Å². The van der Waals surface area contributed by atoms with E-state index in [-0.39, 0.29) is 5.54 Å². The fourth-order valence-electron chi connectivity index (χ4n) is 1.77. The molecule has 0 atom stereocenters. The van der Waals surface area contributed by atoms with Crippen LogP contribution in [0.1, 0.15) is 32.0 Å². The summed E-state index contributed by atoms with van der Waals surface area (Å²) in [6, 6.07) is 5.92. The average Bonchev–Trinajstić information content (AvgIpc) is 2.73. The number of nitrogens with zero attached hydrogens (tertiary/aromatic N) is 1. The van der Waals surface area contributed by atoms with E-state index in [2.05, 4.69) is 31.1 Å². The van der Waals surface area contributed by atoms with Crippen molar-refractivity contribution in [2.45, 2.75) is 39.8 Å². The molecule has 1 aromatic heterocycles. The van der Waals surface area contributed by atoms with Crippen LogP contribution in [0.15, 0.2) is 29.0 Å². The molecular weight excluding hydrogens is 260 g/mol. The lowest BCUT2D eigenvalue weighted by atomic mass is 10.1. The molecule has 0 saturated heterocycles. The van der Waals surface area contributed by atoms with Gasteiger partial charge in [-0.2, -0.15) is 0 Å². The monoisotopic (exact) mass is 278 g/mol. The maximum Gasteiger partial charge on any atom is 0.181 e. The number of oxazole rings is 1. The maximum atomic E-state index is 6.27. The van der Waals surface area contributed by atoms with E-state index in [0.29, 0.717) is 11.6 Å². The van der Waals surface area contributed by atoms with Crippen LogP contribution in [-0.4, -0.2) is 10.5 Å². The van der Waals surface area contributed by atoms with Crippen LogP contribution in [-0.2, 0) is 6.54 Å². The van der Waals surface area contributed by atoms with Gasteiger partial charge in [0.2, 0.25) is 0 Å². The first-order valence-electron chi connectivity index (χ1n) is 6.31. The molecule has 0 saturated carbocycles. The fraction of sp³-hybridized carbons (Fsp3) is 0.400. The van der Waals surface area contributed by atoms with Crippen LogP contribution >= 0.6 is 11.6 Å². The molecule has 0 aliphatic heterocycles. The lowest BCUT2D eigenvalue weighted by Gasteiger charge is -2.19. The minimum atomic E-state index is 0.0350. The van der Waals surface area contributed by atoms with Crippen molar-refractivity contribution in [2.24, 2.45) is 0 Å². The molecule has 3 nitrogen and oxygen atoms in total. The van der Waals surface area contributed by atoms with Gasteiger partial charge in [0.25, 0.3) is 0 Å². The van der Waals surface area contributed by atoms with E-state index in [1.807, 2.05) is 25.1 Å². The van der Waals surface area contributed by atoms with Gasteiger partial charge < -0.3 is 9.73 Å². The highest BCUT2D eigenvalue weighted by atomic mass is 35.5. The van der Waals surface area contributed by atoms with E-state index < -0.39 is 0 Å². The molecule has 0 spiro atoms. The quantitative estimate of drug-likeness (QED) is 0.915. The van der Waals surface area contributed by atoms with Crippen LogP contribution in [0.25, 0.3) is 11.3 Å². The first-order chi connectivity index (χ1) is 8.87. The zero-order valence-corrected chi connectivity index (χ0v) is 12.5. The standard InChI is InChI=1S/C15H19ClN2O/c1-10-5-6-11(12(16)7-10)14-13(17-9-19-14)8-18-15(2,3)4/h5-7,9,18H,8H2,1-4H3. The number of aromatic nitrogens is 1. The molecule has 4 heteroatoms. The van der Waals surface area contributed by atoms with Crippen LogP contribution in [0.5, 0.6) is 0 Å². The highest BCUT2D eigenvalue weighted by Gasteiger charge is 2.16. The Morgan fingerprint density at radius 3 is 2.68 bits per heavy atom. The van der Waals surface area contributed by atoms with Gasteiger partial charge in [-0.05, 0) is 45.4 Å². The van der Waals surface area contributed by atoms with Gasteiger partial charge in [-0.15, -0.1) is 0 Å². The Hall–Kier alpha value is -1.32. The summed E-state index contributed by atoms with van der Waals surface area (Å²) in [6.07, 6.45) is 1.46. The fourth-order valence-corrected chi connectivity index (χ4v) is 2.09. The van der Waals surface area contributed by atoms with E-state index in [0.717, 1.165) is 22.6 Å². The predicted octanol–water partition coefficient (Wildman–Crippen LogP) is 4.19. The Morgan fingerprint density at radius 2 is 2.05 bits per heavy atom. The van der Waals surface area contributed by atoms with Gasteiger partial charge in [-0.3, -0.25) is 0 Å². The molecule has 2 rings (SSSR count). The van der Waals surface area contributed by atoms with Crippen molar-refractivity contribution in [2.75, 3.05) is 0 Å². The SMILES string of the molecule is Cc1ccc(-c2ocnc2CNC(C)(C)C)c(Cl)c1. The molecule has 0 fully saturated rings. The lowest BCUT2D eigenvalue weighted by molar-refractivity contribution is 0.421. The molecule has 19 heavy (non-hydrogen) atoms. The molecule has 0 aliphatic carbocycles. The van der Waals surface area contributed by atoms with Crippen LogP contribution in [0, 0.1) is 6.92 Å². The van der Waals surface area contributed by atoms with E-state index in [9.17, 15) is 0 Å². The molecule has 1 N–H and O–H groups in total. The molecule has 1 heterocycles. The van der Waals surface area contributed by atoms with Gasteiger partial charge >= 0.3 is 0 Å². The van der Waals surface area contributed by atoms with Crippen LogP contribution < -0.4 is 5.32 Å². The van der Waals surface area contributed by atoms with Gasteiger partial charge in [0.1, 0.15) is 5.69 Å². The van der Waals surface area contributed by atoms with Gasteiger partial charge in [0, 0.05) is 17.6 Å². The first-order valence-corrected chi connectivity index (χ1v) is 6.68. The van der Waals surface area contributed by atoms with E-state index in [1.165, 1.54) is 6.39 Å². The Kier molecular flexibility index (Phi) is 3.97. The largest absolute Gasteiger partial charge is 0.443 e. The highest BCUT2D eigenvalue weighted by Crippen LogP contribution is 2.31. The van der Waals surface area contributed by atoms with Crippen molar-refractivity contribution in [3.63, 3.8) is 0 Å². The lowest BCUT2D eigenvalue weighted by Crippen LogP contribution is -2.35.